The molecule has 1 N–H and O–H groups in total. The van der Waals surface area contributed by atoms with Crippen molar-refractivity contribution in [3.8, 4) is 11.5 Å². The smallest absolute Gasteiger partial charge is 0.261 e. The van der Waals surface area contributed by atoms with Crippen LogP contribution in [0.1, 0.15) is 22.8 Å². The highest BCUT2D eigenvalue weighted by Gasteiger charge is 2.00. The normalized spacial score (nSPS) is 10.4. The Hall–Kier alpha value is -2.18. The number of Topliss-reactive ketones (excluding diaryl/α,β-unsaturated/α-hetero) is 1. The lowest BCUT2D eigenvalue weighted by molar-refractivity contribution is 0.101. The van der Waals surface area contributed by atoms with Crippen molar-refractivity contribution in [3.63, 3.8) is 0 Å². The van der Waals surface area contributed by atoms with Crippen LogP contribution in [0.15, 0.2) is 48.5 Å². The van der Waals surface area contributed by atoms with Crippen molar-refractivity contribution in [3.05, 3.63) is 59.7 Å². The molecule has 0 unspecified atom stereocenters. The van der Waals surface area contributed by atoms with E-state index >= 15 is 0 Å². The molecule has 6 heteroatoms. The highest BCUT2D eigenvalue weighted by atomic mass is 32.2. The minimum atomic E-state index is -3.67. The van der Waals surface area contributed by atoms with Gasteiger partial charge in [0.05, 0.1) is 6.26 Å². The maximum Gasteiger partial charge on any atom is 0.261 e. The Morgan fingerprint density at radius 2 is 1.32 bits per heavy atom. The fourth-order valence-corrected chi connectivity index (χ4v) is 1.50. The van der Waals surface area contributed by atoms with Gasteiger partial charge in [-0.15, -0.1) is 0 Å². The maximum atomic E-state index is 11.1. The van der Waals surface area contributed by atoms with E-state index in [2.05, 4.69) is 0 Å². The van der Waals surface area contributed by atoms with Crippen LogP contribution in [0.25, 0.3) is 0 Å². The van der Waals surface area contributed by atoms with Gasteiger partial charge in [0.1, 0.15) is 11.5 Å². The summed E-state index contributed by atoms with van der Waals surface area (Å²) in [5.74, 6) is 1.59. The second kappa shape index (κ2) is 7.72. The molecule has 0 heterocycles. The Balaban J connectivity index is 0.000000422. The molecule has 0 amide bonds. The molecule has 5 nitrogen and oxygen atoms in total. The van der Waals surface area contributed by atoms with Crippen molar-refractivity contribution in [1.29, 1.82) is 0 Å². The quantitative estimate of drug-likeness (QED) is 0.691. The molecule has 2 rings (SSSR count). The molecular weight excluding hydrogens is 304 g/mol. The molecule has 0 radical (unpaired) electrons. The van der Waals surface area contributed by atoms with Gasteiger partial charge in [0.2, 0.25) is 0 Å². The van der Waals surface area contributed by atoms with Crippen LogP contribution in [0.5, 0.6) is 11.5 Å². The molecule has 0 fully saturated rings. The molecule has 0 aliphatic rings. The van der Waals surface area contributed by atoms with E-state index in [0.29, 0.717) is 11.8 Å². The number of aryl methyl sites for hydroxylation is 1. The van der Waals surface area contributed by atoms with Crippen LogP contribution >= 0.6 is 0 Å². The fourth-order valence-electron chi connectivity index (χ4n) is 1.50. The second-order valence-corrected chi connectivity index (χ2v) is 6.19. The summed E-state index contributed by atoms with van der Waals surface area (Å²) in [7, 11) is -3.67. The van der Waals surface area contributed by atoms with Gasteiger partial charge in [-0.05, 0) is 50.2 Å². The summed E-state index contributed by atoms with van der Waals surface area (Å²) >= 11 is 0. The van der Waals surface area contributed by atoms with Crippen LogP contribution < -0.4 is 4.74 Å². The highest BCUT2D eigenvalue weighted by molar-refractivity contribution is 7.85. The first-order valence-corrected chi connectivity index (χ1v) is 8.28. The summed E-state index contributed by atoms with van der Waals surface area (Å²) in [6, 6.07) is 15.0. The number of ketones is 1. The van der Waals surface area contributed by atoms with E-state index in [1.165, 1.54) is 5.56 Å². The van der Waals surface area contributed by atoms with Crippen LogP contribution in [-0.2, 0) is 10.1 Å². The van der Waals surface area contributed by atoms with Crippen molar-refractivity contribution in [2.24, 2.45) is 0 Å². The molecule has 2 aromatic rings. The molecule has 118 valence electrons. The minimum absolute atomic E-state index is 0.0619. The molecular formula is C16H18O5S. The van der Waals surface area contributed by atoms with E-state index in [1.807, 2.05) is 31.2 Å². The summed E-state index contributed by atoms with van der Waals surface area (Å²) in [6.45, 7) is 3.58. The molecule has 22 heavy (non-hydrogen) atoms. The number of carbonyl (C=O) groups is 1. The van der Waals surface area contributed by atoms with Gasteiger partial charge in [0, 0.05) is 5.56 Å². The number of hydrogen-bond donors (Lipinski definition) is 1. The zero-order valence-corrected chi connectivity index (χ0v) is 13.4. The van der Waals surface area contributed by atoms with E-state index in [4.69, 9.17) is 9.29 Å². The topological polar surface area (TPSA) is 80.7 Å². The van der Waals surface area contributed by atoms with Gasteiger partial charge in [-0.2, -0.15) is 8.42 Å². The summed E-state index contributed by atoms with van der Waals surface area (Å²) in [4.78, 5) is 11.1. The lowest BCUT2D eigenvalue weighted by Crippen LogP contribution is -1.91. The van der Waals surface area contributed by atoms with Crippen molar-refractivity contribution < 1.29 is 22.5 Å². The Bertz CT molecular complexity index is 708. The lowest BCUT2D eigenvalue weighted by Gasteiger charge is -2.06. The van der Waals surface area contributed by atoms with Gasteiger partial charge in [0.15, 0.2) is 5.78 Å². The minimum Gasteiger partial charge on any atom is -0.457 e. The van der Waals surface area contributed by atoms with Crippen LogP contribution in [0, 0.1) is 6.92 Å². The van der Waals surface area contributed by atoms with Crippen LogP contribution in [-0.4, -0.2) is 25.0 Å². The summed E-state index contributed by atoms with van der Waals surface area (Å²) < 4.78 is 31.5. The van der Waals surface area contributed by atoms with E-state index in [-0.39, 0.29) is 5.78 Å². The fraction of sp³-hybridized carbons (Fsp3) is 0.188. The molecule has 0 aromatic heterocycles. The Morgan fingerprint density at radius 1 is 0.955 bits per heavy atom. The molecule has 0 bridgehead atoms. The number of hydrogen-bond acceptors (Lipinski definition) is 4. The standard InChI is InChI=1S/C15H14O2.CH4O3S/c1-11-3-7-14(8-4-11)17-15-9-5-13(6-10-15)12(2)16;1-5(2,3)4/h3-10H,1-2H3;1H3,(H,2,3,4). The highest BCUT2D eigenvalue weighted by Crippen LogP contribution is 2.21. The first-order valence-electron chi connectivity index (χ1n) is 6.43. The van der Waals surface area contributed by atoms with Crippen molar-refractivity contribution >= 4 is 15.9 Å². The van der Waals surface area contributed by atoms with Crippen LogP contribution in [0.2, 0.25) is 0 Å². The predicted molar refractivity (Wildman–Crippen MR) is 85.2 cm³/mol. The first-order chi connectivity index (χ1) is 10.1. The SMILES string of the molecule is CC(=O)c1ccc(Oc2ccc(C)cc2)cc1.CS(=O)(=O)O. The number of carbonyl (C=O) groups excluding carboxylic acids is 1. The van der Waals surface area contributed by atoms with E-state index in [9.17, 15) is 13.2 Å². The molecule has 2 aromatic carbocycles. The van der Waals surface area contributed by atoms with Crippen molar-refractivity contribution in [1.82, 2.24) is 0 Å². The van der Waals surface area contributed by atoms with Crippen molar-refractivity contribution in [2.75, 3.05) is 6.26 Å². The Kier molecular flexibility index (Phi) is 6.27. The molecule has 0 saturated carbocycles. The average Bonchev–Trinajstić information content (AvgIpc) is 2.40. The molecule has 0 saturated heterocycles. The third-order valence-electron chi connectivity index (χ3n) is 2.52. The number of rotatable bonds is 3. The van der Waals surface area contributed by atoms with Gasteiger partial charge >= 0.3 is 0 Å². The molecule has 0 spiro atoms. The predicted octanol–water partition coefficient (Wildman–Crippen LogP) is 3.49. The van der Waals surface area contributed by atoms with Crippen LogP contribution in [0.3, 0.4) is 0 Å². The third-order valence-corrected chi connectivity index (χ3v) is 2.52. The van der Waals surface area contributed by atoms with E-state index in [1.54, 1.807) is 31.2 Å². The zero-order valence-electron chi connectivity index (χ0n) is 12.6. The zero-order chi connectivity index (χ0) is 16.8. The summed E-state index contributed by atoms with van der Waals surface area (Å²) in [5.41, 5.74) is 1.89. The average molecular weight is 322 g/mol. The van der Waals surface area contributed by atoms with Gasteiger partial charge in [-0.3, -0.25) is 9.35 Å². The van der Waals surface area contributed by atoms with Crippen molar-refractivity contribution in [2.45, 2.75) is 13.8 Å². The second-order valence-electron chi connectivity index (χ2n) is 4.73. The third kappa shape index (κ3) is 7.56. The number of ether oxygens (including phenoxy) is 1. The molecule has 0 aliphatic heterocycles. The van der Waals surface area contributed by atoms with Gasteiger partial charge in [-0.1, -0.05) is 17.7 Å². The molecule has 0 atom stereocenters. The Morgan fingerprint density at radius 3 is 1.68 bits per heavy atom. The largest absolute Gasteiger partial charge is 0.457 e. The Labute approximate surface area is 130 Å². The maximum absolute atomic E-state index is 11.1. The van der Waals surface area contributed by atoms with Gasteiger partial charge < -0.3 is 4.74 Å². The molecule has 0 aliphatic carbocycles. The van der Waals surface area contributed by atoms with E-state index in [0.717, 1.165) is 11.5 Å². The van der Waals surface area contributed by atoms with Crippen LogP contribution in [0.4, 0.5) is 0 Å². The first kappa shape index (κ1) is 17.9. The summed E-state index contributed by atoms with van der Waals surface area (Å²) in [6.07, 6.45) is 0.715. The number of benzene rings is 2. The lowest BCUT2D eigenvalue weighted by atomic mass is 10.1. The monoisotopic (exact) mass is 322 g/mol. The van der Waals surface area contributed by atoms with Gasteiger partial charge in [0.25, 0.3) is 10.1 Å². The van der Waals surface area contributed by atoms with E-state index < -0.39 is 10.1 Å². The van der Waals surface area contributed by atoms with Gasteiger partial charge in [-0.25, -0.2) is 0 Å². The summed E-state index contributed by atoms with van der Waals surface area (Å²) in [5, 5.41) is 0.